The molecule has 0 unspecified atom stereocenters. The number of hydrogen-bond donors (Lipinski definition) is 1. The fourth-order valence-electron chi connectivity index (χ4n) is 2.51. The van der Waals surface area contributed by atoms with Gasteiger partial charge in [0.05, 0.1) is 10.9 Å². The normalized spacial score (nSPS) is 15.4. The van der Waals surface area contributed by atoms with E-state index in [0.29, 0.717) is 30.5 Å². The average molecular weight is 401 g/mol. The van der Waals surface area contributed by atoms with Crippen molar-refractivity contribution in [1.82, 2.24) is 14.6 Å². The summed E-state index contributed by atoms with van der Waals surface area (Å²) in [6.07, 6.45) is 1.73. The van der Waals surface area contributed by atoms with Gasteiger partial charge in [-0.05, 0) is 24.3 Å². The highest BCUT2D eigenvalue weighted by molar-refractivity contribution is 7.91. The molecule has 1 aliphatic heterocycles. The maximum Gasteiger partial charge on any atom is 0.250 e. The number of amides is 1. The maximum absolute atomic E-state index is 12.3. The summed E-state index contributed by atoms with van der Waals surface area (Å²) in [5, 5.41) is 0. The van der Waals surface area contributed by atoms with Crippen LogP contribution >= 0.6 is 22.9 Å². The molecule has 1 N–H and O–H groups in total. The lowest BCUT2D eigenvalue weighted by atomic mass is 10.3. The Hall–Kier alpha value is -1.68. The summed E-state index contributed by atoms with van der Waals surface area (Å²) in [6.45, 7) is 2.12. The van der Waals surface area contributed by atoms with Crippen LogP contribution in [-0.4, -0.2) is 56.9 Å². The molecule has 0 spiro atoms. The van der Waals surface area contributed by atoms with E-state index in [0.717, 1.165) is 17.2 Å². The summed E-state index contributed by atoms with van der Waals surface area (Å²) in [5.74, 6) is 0.636. The standard InChI is InChI=1S/C15H17ClN4O3S2/c16-12-4-5-15(24-12)25(22,23)18-11-14(21)20-9-7-19(8-10-20)13-3-1-2-6-17-13/h1-6,18H,7-11H2. The van der Waals surface area contributed by atoms with Gasteiger partial charge >= 0.3 is 0 Å². The molecule has 3 heterocycles. The van der Waals surface area contributed by atoms with Crippen LogP contribution in [-0.2, 0) is 14.8 Å². The first-order chi connectivity index (χ1) is 12.0. The Labute approximate surface area is 155 Å². The molecule has 1 aliphatic rings. The van der Waals surface area contributed by atoms with E-state index in [-0.39, 0.29) is 16.7 Å². The molecule has 0 radical (unpaired) electrons. The second-order valence-corrected chi connectivity index (χ2v) is 9.15. The molecule has 25 heavy (non-hydrogen) atoms. The zero-order chi connectivity index (χ0) is 17.9. The highest BCUT2D eigenvalue weighted by atomic mass is 35.5. The molecule has 0 aromatic carbocycles. The Morgan fingerprint density at radius 2 is 1.96 bits per heavy atom. The second-order valence-electron chi connectivity index (χ2n) is 5.44. The first-order valence-electron chi connectivity index (χ1n) is 7.64. The minimum atomic E-state index is -3.71. The van der Waals surface area contributed by atoms with Crippen LogP contribution in [0, 0.1) is 0 Å². The number of nitrogens with one attached hydrogen (secondary N) is 1. The van der Waals surface area contributed by atoms with Crippen molar-refractivity contribution in [2.24, 2.45) is 0 Å². The number of sulfonamides is 1. The highest BCUT2D eigenvalue weighted by Crippen LogP contribution is 2.25. The number of carbonyl (C=O) groups is 1. The van der Waals surface area contributed by atoms with Crippen molar-refractivity contribution in [2.75, 3.05) is 37.6 Å². The minimum Gasteiger partial charge on any atom is -0.353 e. The number of anilines is 1. The zero-order valence-electron chi connectivity index (χ0n) is 13.3. The van der Waals surface area contributed by atoms with E-state index in [9.17, 15) is 13.2 Å². The average Bonchev–Trinajstić information content (AvgIpc) is 3.08. The minimum absolute atomic E-state index is 0.102. The predicted octanol–water partition coefficient (Wildman–Crippen LogP) is 1.42. The molecule has 1 fully saturated rings. The number of carbonyl (C=O) groups excluding carboxylic acids is 1. The lowest BCUT2D eigenvalue weighted by molar-refractivity contribution is -0.130. The predicted molar refractivity (Wildman–Crippen MR) is 97.5 cm³/mol. The second kappa shape index (κ2) is 7.69. The largest absolute Gasteiger partial charge is 0.353 e. The van der Waals surface area contributed by atoms with Gasteiger partial charge in [-0.15, -0.1) is 11.3 Å². The van der Waals surface area contributed by atoms with Crippen LogP contribution in [0.3, 0.4) is 0 Å². The third kappa shape index (κ3) is 4.49. The van der Waals surface area contributed by atoms with Crippen molar-refractivity contribution in [3.8, 4) is 0 Å². The number of pyridine rings is 1. The van der Waals surface area contributed by atoms with Gasteiger partial charge in [0.25, 0.3) is 10.0 Å². The van der Waals surface area contributed by atoms with Crippen LogP contribution < -0.4 is 9.62 Å². The molecule has 0 saturated carbocycles. The van der Waals surface area contributed by atoms with Crippen molar-refractivity contribution < 1.29 is 13.2 Å². The molecule has 7 nitrogen and oxygen atoms in total. The lowest BCUT2D eigenvalue weighted by Crippen LogP contribution is -2.51. The van der Waals surface area contributed by atoms with E-state index in [2.05, 4.69) is 14.6 Å². The first kappa shape index (κ1) is 18.1. The van der Waals surface area contributed by atoms with E-state index in [1.54, 1.807) is 11.1 Å². The monoisotopic (exact) mass is 400 g/mol. The van der Waals surface area contributed by atoms with E-state index in [1.807, 2.05) is 18.2 Å². The van der Waals surface area contributed by atoms with Gasteiger partial charge in [0.2, 0.25) is 5.91 Å². The molecule has 0 bridgehead atoms. The molecule has 2 aromatic rings. The third-order valence-electron chi connectivity index (χ3n) is 3.83. The van der Waals surface area contributed by atoms with Gasteiger partial charge < -0.3 is 9.80 Å². The molecule has 2 aromatic heterocycles. The van der Waals surface area contributed by atoms with Gasteiger partial charge in [-0.3, -0.25) is 4.79 Å². The third-order valence-corrected chi connectivity index (χ3v) is 6.96. The van der Waals surface area contributed by atoms with Crippen LogP contribution in [0.25, 0.3) is 0 Å². The Morgan fingerprint density at radius 3 is 2.56 bits per heavy atom. The molecule has 1 amide bonds. The summed E-state index contributed by atoms with van der Waals surface area (Å²) in [7, 11) is -3.71. The fourth-order valence-corrected chi connectivity index (χ4v) is 5.01. The molecular weight excluding hydrogens is 384 g/mol. The Bertz CT molecular complexity index is 833. The summed E-state index contributed by atoms with van der Waals surface area (Å²) in [6, 6.07) is 8.64. The van der Waals surface area contributed by atoms with Crippen molar-refractivity contribution in [1.29, 1.82) is 0 Å². The van der Waals surface area contributed by atoms with Crippen LogP contribution in [0.1, 0.15) is 0 Å². The summed E-state index contributed by atoms with van der Waals surface area (Å²) < 4.78 is 27.1. The van der Waals surface area contributed by atoms with Crippen molar-refractivity contribution in [3.05, 3.63) is 40.9 Å². The van der Waals surface area contributed by atoms with Crippen molar-refractivity contribution >= 4 is 44.7 Å². The summed E-state index contributed by atoms with van der Waals surface area (Å²) in [5.41, 5.74) is 0. The van der Waals surface area contributed by atoms with E-state index < -0.39 is 10.0 Å². The number of halogens is 1. The van der Waals surface area contributed by atoms with Gasteiger partial charge in [0, 0.05) is 32.4 Å². The molecule has 134 valence electrons. The fraction of sp³-hybridized carbons (Fsp3) is 0.333. The van der Waals surface area contributed by atoms with Crippen LogP contribution in [0.15, 0.2) is 40.7 Å². The Kier molecular flexibility index (Phi) is 5.57. The first-order valence-corrected chi connectivity index (χ1v) is 10.3. The highest BCUT2D eigenvalue weighted by Gasteiger charge is 2.24. The smallest absolute Gasteiger partial charge is 0.250 e. The number of piperazine rings is 1. The molecule has 0 aliphatic carbocycles. The quantitative estimate of drug-likeness (QED) is 0.820. The van der Waals surface area contributed by atoms with Crippen molar-refractivity contribution in [2.45, 2.75) is 4.21 Å². The summed E-state index contributed by atoms with van der Waals surface area (Å²) in [4.78, 5) is 20.3. The maximum atomic E-state index is 12.3. The van der Waals surface area contributed by atoms with Gasteiger partial charge in [0.1, 0.15) is 10.0 Å². The number of aromatic nitrogens is 1. The number of hydrogen-bond acceptors (Lipinski definition) is 6. The van der Waals surface area contributed by atoms with Crippen LogP contribution in [0.2, 0.25) is 4.34 Å². The van der Waals surface area contributed by atoms with E-state index >= 15 is 0 Å². The zero-order valence-corrected chi connectivity index (χ0v) is 15.6. The molecule has 3 rings (SSSR count). The molecule has 0 atom stereocenters. The van der Waals surface area contributed by atoms with Crippen molar-refractivity contribution in [3.63, 3.8) is 0 Å². The number of rotatable bonds is 5. The SMILES string of the molecule is O=C(CNS(=O)(=O)c1ccc(Cl)s1)N1CCN(c2ccccn2)CC1. The van der Waals surface area contributed by atoms with E-state index in [4.69, 9.17) is 11.6 Å². The molecule has 10 heteroatoms. The number of nitrogens with zero attached hydrogens (tertiary/aromatic N) is 3. The van der Waals surface area contributed by atoms with Crippen LogP contribution in [0.5, 0.6) is 0 Å². The summed E-state index contributed by atoms with van der Waals surface area (Å²) >= 11 is 6.71. The lowest BCUT2D eigenvalue weighted by Gasteiger charge is -2.35. The topological polar surface area (TPSA) is 82.6 Å². The van der Waals surface area contributed by atoms with Crippen LogP contribution in [0.4, 0.5) is 5.82 Å². The number of thiophene rings is 1. The molecule has 1 saturated heterocycles. The molecular formula is C15H17ClN4O3S2. The van der Waals surface area contributed by atoms with Gasteiger partial charge in [0.15, 0.2) is 0 Å². The Balaban J connectivity index is 1.51. The van der Waals surface area contributed by atoms with E-state index in [1.165, 1.54) is 12.1 Å². The van der Waals surface area contributed by atoms with Gasteiger partial charge in [-0.1, -0.05) is 17.7 Å². The van der Waals surface area contributed by atoms with Gasteiger partial charge in [-0.25, -0.2) is 18.1 Å². The Morgan fingerprint density at radius 1 is 1.20 bits per heavy atom. The van der Waals surface area contributed by atoms with Gasteiger partial charge in [-0.2, -0.15) is 0 Å².